The molecule has 102 valence electrons. The Bertz CT molecular complexity index is 461. The third kappa shape index (κ3) is 3.77. The van der Waals surface area contributed by atoms with E-state index in [1.165, 1.54) is 16.7 Å². The summed E-state index contributed by atoms with van der Waals surface area (Å²) in [6, 6.07) is 1.71. The normalized spacial score (nSPS) is 18.1. The van der Waals surface area contributed by atoms with Gasteiger partial charge in [-0.25, -0.2) is 14.7 Å². The highest BCUT2D eigenvalue weighted by atomic mass is 35.5. The van der Waals surface area contributed by atoms with Gasteiger partial charge in [0, 0.05) is 31.5 Å². The van der Waals surface area contributed by atoms with Crippen LogP contribution in [0.3, 0.4) is 0 Å². The molecule has 0 atom stereocenters. The zero-order valence-corrected chi connectivity index (χ0v) is 11.3. The van der Waals surface area contributed by atoms with Crippen LogP contribution in [0.4, 0.5) is 5.95 Å². The number of halogens is 1. The first-order valence-corrected chi connectivity index (χ1v) is 6.82. The molecule has 1 fully saturated rings. The van der Waals surface area contributed by atoms with Crippen molar-refractivity contribution in [2.75, 3.05) is 17.8 Å². The molecule has 2 heterocycles. The van der Waals surface area contributed by atoms with E-state index in [4.69, 9.17) is 5.73 Å². The van der Waals surface area contributed by atoms with Gasteiger partial charge < -0.3 is 5.73 Å². The Kier molecular flexibility index (Phi) is 5.27. The van der Waals surface area contributed by atoms with Gasteiger partial charge in [0.25, 0.3) is 0 Å². The quantitative estimate of drug-likeness (QED) is 0.815. The fraction of sp³-hybridized carbons (Fsp3) is 0.556. The average Bonchev–Trinajstić information content (AvgIpc) is 2.30. The smallest absolute Gasteiger partial charge is 0.303 e. The van der Waals surface area contributed by atoms with Gasteiger partial charge in [-0.3, -0.25) is 0 Å². The summed E-state index contributed by atoms with van der Waals surface area (Å²) in [6.07, 6.45) is 4.32. The predicted molar refractivity (Wildman–Crippen MR) is 70.6 cm³/mol. The van der Waals surface area contributed by atoms with Crippen LogP contribution < -0.4 is 10.5 Å². The molecule has 1 aromatic heterocycles. The first-order chi connectivity index (χ1) is 8.08. The lowest BCUT2D eigenvalue weighted by molar-refractivity contribution is 0.321. The van der Waals surface area contributed by atoms with Crippen LogP contribution in [-0.4, -0.2) is 41.8 Å². The van der Waals surface area contributed by atoms with E-state index in [1.807, 2.05) is 0 Å². The minimum Gasteiger partial charge on any atom is -0.328 e. The van der Waals surface area contributed by atoms with Crippen molar-refractivity contribution >= 4 is 28.6 Å². The summed E-state index contributed by atoms with van der Waals surface area (Å²) < 4.78 is 27.6. The number of rotatable bonds is 3. The largest absolute Gasteiger partial charge is 0.328 e. The maximum Gasteiger partial charge on any atom is 0.303 e. The van der Waals surface area contributed by atoms with Gasteiger partial charge in [0.15, 0.2) is 0 Å². The summed E-state index contributed by atoms with van der Waals surface area (Å²) in [7, 11) is -3.56. The molecule has 18 heavy (non-hydrogen) atoms. The number of hydrogen-bond donors (Lipinski definition) is 2. The number of nitrogens with zero attached hydrogens (tertiary/aromatic N) is 3. The Labute approximate surface area is 112 Å². The molecule has 9 heteroatoms. The monoisotopic (exact) mass is 293 g/mol. The summed E-state index contributed by atoms with van der Waals surface area (Å²) >= 11 is 0. The van der Waals surface area contributed by atoms with Crippen LogP contribution >= 0.6 is 12.4 Å². The Hall–Kier alpha value is -0.960. The Morgan fingerprint density at radius 1 is 1.28 bits per heavy atom. The van der Waals surface area contributed by atoms with Crippen molar-refractivity contribution in [3.63, 3.8) is 0 Å². The third-order valence-corrected chi connectivity index (χ3v) is 4.11. The number of piperidine rings is 1. The van der Waals surface area contributed by atoms with Crippen LogP contribution in [0.1, 0.15) is 12.8 Å². The Morgan fingerprint density at radius 2 is 1.83 bits per heavy atom. The fourth-order valence-electron chi connectivity index (χ4n) is 1.65. The van der Waals surface area contributed by atoms with E-state index in [0.717, 1.165) is 0 Å². The van der Waals surface area contributed by atoms with Crippen LogP contribution in [0.5, 0.6) is 0 Å². The zero-order chi connectivity index (χ0) is 12.3. The van der Waals surface area contributed by atoms with Crippen LogP contribution in [0.15, 0.2) is 18.5 Å². The second-order valence-electron chi connectivity index (χ2n) is 3.92. The SMILES string of the molecule is Cl.NC1CCN(S(=O)(=O)Nc2ncccn2)CC1. The molecule has 0 unspecified atom stereocenters. The molecular formula is C9H16ClN5O2S. The van der Waals surface area contributed by atoms with E-state index in [0.29, 0.717) is 25.9 Å². The summed E-state index contributed by atoms with van der Waals surface area (Å²) in [5.74, 6) is 0.0855. The van der Waals surface area contributed by atoms with Crippen molar-refractivity contribution in [2.24, 2.45) is 5.73 Å². The van der Waals surface area contributed by atoms with E-state index in [1.54, 1.807) is 6.07 Å². The van der Waals surface area contributed by atoms with Gasteiger partial charge >= 0.3 is 10.2 Å². The molecule has 0 radical (unpaired) electrons. The third-order valence-electron chi connectivity index (χ3n) is 2.62. The van der Waals surface area contributed by atoms with Gasteiger partial charge in [-0.1, -0.05) is 0 Å². The highest BCUT2D eigenvalue weighted by Gasteiger charge is 2.26. The molecule has 0 amide bonds. The van der Waals surface area contributed by atoms with E-state index < -0.39 is 10.2 Å². The molecule has 0 saturated carbocycles. The lowest BCUT2D eigenvalue weighted by Crippen LogP contribution is -2.45. The van der Waals surface area contributed by atoms with Crippen molar-refractivity contribution < 1.29 is 8.42 Å². The second kappa shape index (κ2) is 6.28. The van der Waals surface area contributed by atoms with Crippen molar-refractivity contribution in [2.45, 2.75) is 18.9 Å². The highest BCUT2D eigenvalue weighted by molar-refractivity contribution is 7.90. The van der Waals surface area contributed by atoms with E-state index in [9.17, 15) is 8.42 Å². The predicted octanol–water partition coefficient (Wildman–Crippen LogP) is -0.0218. The summed E-state index contributed by atoms with van der Waals surface area (Å²) in [6.45, 7) is 0.868. The van der Waals surface area contributed by atoms with Crippen LogP contribution in [-0.2, 0) is 10.2 Å². The van der Waals surface area contributed by atoms with Crippen molar-refractivity contribution in [1.29, 1.82) is 0 Å². The molecule has 3 N–H and O–H groups in total. The molecule has 1 aliphatic heterocycles. The summed E-state index contributed by atoms with van der Waals surface area (Å²) in [4.78, 5) is 7.64. The molecule has 7 nitrogen and oxygen atoms in total. The van der Waals surface area contributed by atoms with Gasteiger partial charge in [0.2, 0.25) is 5.95 Å². The minimum absolute atomic E-state index is 0. The molecule has 1 aliphatic rings. The zero-order valence-electron chi connectivity index (χ0n) is 9.69. The van der Waals surface area contributed by atoms with Gasteiger partial charge in [-0.2, -0.15) is 12.7 Å². The molecule has 2 rings (SSSR count). The van der Waals surface area contributed by atoms with E-state index in [-0.39, 0.29) is 24.4 Å². The van der Waals surface area contributed by atoms with Gasteiger partial charge in [0.05, 0.1) is 0 Å². The number of aromatic nitrogens is 2. The standard InChI is InChI=1S/C9H15N5O2S.ClH/c10-8-2-6-14(7-3-8)17(15,16)13-9-11-4-1-5-12-9;/h1,4-5,8H,2-3,6-7,10H2,(H,11,12,13);1H. The lowest BCUT2D eigenvalue weighted by Gasteiger charge is -2.28. The van der Waals surface area contributed by atoms with Crippen LogP contribution in [0, 0.1) is 0 Å². The number of anilines is 1. The van der Waals surface area contributed by atoms with Gasteiger partial charge in [0.1, 0.15) is 0 Å². The van der Waals surface area contributed by atoms with Crippen LogP contribution in [0.25, 0.3) is 0 Å². The Balaban J connectivity index is 0.00000162. The van der Waals surface area contributed by atoms with Crippen molar-refractivity contribution in [1.82, 2.24) is 14.3 Å². The number of nitrogens with one attached hydrogen (secondary N) is 1. The molecule has 1 saturated heterocycles. The molecule has 0 aliphatic carbocycles. The summed E-state index contributed by atoms with van der Waals surface area (Å²) in [5.41, 5.74) is 5.73. The fourth-order valence-corrected chi connectivity index (χ4v) is 2.80. The second-order valence-corrected chi connectivity index (χ2v) is 5.59. The molecule has 0 spiro atoms. The average molecular weight is 294 g/mol. The molecule has 1 aromatic rings. The highest BCUT2D eigenvalue weighted by Crippen LogP contribution is 2.13. The number of nitrogens with two attached hydrogens (primary N) is 1. The maximum absolute atomic E-state index is 12.0. The first-order valence-electron chi connectivity index (χ1n) is 5.38. The minimum atomic E-state index is -3.56. The first kappa shape index (κ1) is 15.1. The molecular weight excluding hydrogens is 278 g/mol. The van der Waals surface area contributed by atoms with E-state index in [2.05, 4.69) is 14.7 Å². The van der Waals surface area contributed by atoms with Gasteiger partial charge in [-0.05, 0) is 18.9 Å². The van der Waals surface area contributed by atoms with Crippen molar-refractivity contribution in [3.8, 4) is 0 Å². The maximum atomic E-state index is 12.0. The van der Waals surface area contributed by atoms with Crippen molar-refractivity contribution in [3.05, 3.63) is 18.5 Å². The number of hydrogen-bond acceptors (Lipinski definition) is 5. The van der Waals surface area contributed by atoms with E-state index >= 15 is 0 Å². The van der Waals surface area contributed by atoms with Gasteiger partial charge in [-0.15, -0.1) is 12.4 Å². The Morgan fingerprint density at radius 3 is 2.39 bits per heavy atom. The van der Waals surface area contributed by atoms with Crippen LogP contribution in [0.2, 0.25) is 0 Å². The topological polar surface area (TPSA) is 101 Å². The molecule has 0 bridgehead atoms. The lowest BCUT2D eigenvalue weighted by atomic mass is 10.1. The summed E-state index contributed by atoms with van der Waals surface area (Å²) in [5, 5.41) is 0. The molecule has 0 aromatic carbocycles.